The van der Waals surface area contributed by atoms with Crippen LogP contribution >= 0.6 is 12.4 Å². The molecule has 2 aromatic carbocycles. The van der Waals surface area contributed by atoms with Gasteiger partial charge in [0.25, 0.3) is 0 Å². The van der Waals surface area contributed by atoms with E-state index in [-0.39, 0.29) is 29.8 Å². The summed E-state index contributed by atoms with van der Waals surface area (Å²) in [6.45, 7) is 4.01. The summed E-state index contributed by atoms with van der Waals surface area (Å²) in [7, 11) is -3.30. The molecule has 0 aromatic heterocycles. The summed E-state index contributed by atoms with van der Waals surface area (Å²) >= 11 is 0. The van der Waals surface area contributed by atoms with Gasteiger partial charge in [-0.05, 0) is 35.6 Å². The highest BCUT2D eigenvalue weighted by Crippen LogP contribution is 2.17. The lowest BCUT2D eigenvalue weighted by Gasteiger charge is -2.14. The van der Waals surface area contributed by atoms with E-state index in [1.807, 2.05) is 32.0 Å². The van der Waals surface area contributed by atoms with E-state index < -0.39 is 15.9 Å². The second-order valence-corrected chi connectivity index (χ2v) is 9.01. The second-order valence-electron chi connectivity index (χ2n) is 6.94. The van der Waals surface area contributed by atoms with E-state index in [2.05, 4.69) is 5.32 Å². The van der Waals surface area contributed by atoms with Gasteiger partial charge in [0.15, 0.2) is 9.84 Å². The molecule has 0 fully saturated rings. The third-order valence-electron chi connectivity index (χ3n) is 3.87. The number of nitrogens with two attached hydrogens (primary N) is 1. The number of rotatable bonds is 8. The summed E-state index contributed by atoms with van der Waals surface area (Å²) in [6.07, 6.45) is 0.594. The Morgan fingerprint density at radius 2 is 1.59 bits per heavy atom. The standard InChI is InChI=1S/C20H26N2O3S.ClH/c1-15(2)11-19(21)20(23)22-18-10-6-9-17(12-18)14-26(24,25)13-16-7-4-3-5-8-16;/h3-10,12,15,19H,11,13-14,21H2,1-2H3,(H,22,23);1H/t19-;/m0./s1. The van der Waals surface area contributed by atoms with Gasteiger partial charge in [-0.25, -0.2) is 8.42 Å². The van der Waals surface area contributed by atoms with E-state index >= 15 is 0 Å². The Labute approximate surface area is 167 Å². The van der Waals surface area contributed by atoms with E-state index in [1.165, 1.54) is 0 Å². The molecule has 0 aliphatic carbocycles. The summed E-state index contributed by atoms with van der Waals surface area (Å²) in [5.41, 5.74) is 7.84. The molecule has 5 nitrogen and oxygen atoms in total. The highest BCUT2D eigenvalue weighted by atomic mass is 35.5. The predicted octanol–water partition coefficient (Wildman–Crippen LogP) is 3.54. The van der Waals surface area contributed by atoms with Gasteiger partial charge in [-0.1, -0.05) is 56.3 Å². The first-order valence-corrected chi connectivity index (χ1v) is 10.5. The van der Waals surface area contributed by atoms with Crippen LogP contribution in [0.25, 0.3) is 0 Å². The Morgan fingerprint density at radius 1 is 1.00 bits per heavy atom. The number of amides is 1. The fraction of sp³-hybridized carbons (Fsp3) is 0.350. The number of sulfone groups is 1. The van der Waals surface area contributed by atoms with E-state index in [1.54, 1.807) is 36.4 Å². The smallest absolute Gasteiger partial charge is 0.241 e. The van der Waals surface area contributed by atoms with Gasteiger partial charge in [-0.2, -0.15) is 0 Å². The molecule has 148 valence electrons. The number of hydrogen-bond acceptors (Lipinski definition) is 4. The molecular formula is C20H27ClN2O3S. The minimum atomic E-state index is -3.30. The van der Waals surface area contributed by atoms with Gasteiger partial charge in [0.1, 0.15) is 0 Å². The zero-order valence-corrected chi connectivity index (χ0v) is 17.2. The maximum atomic E-state index is 12.4. The largest absolute Gasteiger partial charge is 0.325 e. The molecule has 0 heterocycles. The van der Waals surface area contributed by atoms with Crippen molar-refractivity contribution < 1.29 is 13.2 Å². The van der Waals surface area contributed by atoms with Crippen LogP contribution in [-0.2, 0) is 26.1 Å². The lowest BCUT2D eigenvalue weighted by molar-refractivity contribution is -0.117. The Morgan fingerprint density at radius 3 is 2.22 bits per heavy atom. The predicted molar refractivity (Wildman–Crippen MR) is 113 cm³/mol. The first-order valence-electron chi connectivity index (χ1n) is 8.65. The third-order valence-corrected chi connectivity index (χ3v) is 5.42. The van der Waals surface area contributed by atoms with Gasteiger partial charge < -0.3 is 11.1 Å². The van der Waals surface area contributed by atoms with Crippen molar-refractivity contribution in [3.8, 4) is 0 Å². The molecule has 0 unspecified atom stereocenters. The van der Waals surface area contributed by atoms with Gasteiger partial charge in [0.2, 0.25) is 5.91 Å². The Bertz CT molecular complexity index is 839. The Hall–Kier alpha value is -1.89. The molecule has 0 radical (unpaired) electrons. The highest BCUT2D eigenvalue weighted by Gasteiger charge is 2.16. The highest BCUT2D eigenvalue weighted by molar-refractivity contribution is 7.89. The Balaban J connectivity index is 0.00000364. The lowest BCUT2D eigenvalue weighted by atomic mass is 10.0. The van der Waals surface area contributed by atoms with E-state index in [9.17, 15) is 13.2 Å². The van der Waals surface area contributed by atoms with Crippen LogP contribution in [0.15, 0.2) is 54.6 Å². The second kappa shape index (κ2) is 10.4. The molecule has 0 aliphatic heterocycles. The third kappa shape index (κ3) is 8.12. The van der Waals surface area contributed by atoms with Crippen LogP contribution < -0.4 is 11.1 Å². The molecule has 3 N–H and O–H groups in total. The van der Waals surface area contributed by atoms with Crippen LogP contribution in [0.2, 0.25) is 0 Å². The zero-order chi connectivity index (χ0) is 19.2. The molecule has 1 amide bonds. The number of nitrogens with one attached hydrogen (secondary N) is 1. The van der Waals surface area contributed by atoms with Crippen LogP contribution in [0.1, 0.15) is 31.4 Å². The topological polar surface area (TPSA) is 89.3 Å². The summed E-state index contributed by atoms with van der Waals surface area (Å²) in [6, 6.07) is 15.4. The van der Waals surface area contributed by atoms with Crippen molar-refractivity contribution in [2.24, 2.45) is 11.7 Å². The van der Waals surface area contributed by atoms with Gasteiger partial charge in [-0.3, -0.25) is 4.79 Å². The fourth-order valence-corrected chi connectivity index (χ4v) is 4.21. The van der Waals surface area contributed by atoms with E-state index in [4.69, 9.17) is 5.73 Å². The summed E-state index contributed by atoms with van der Waals surface area (Å²) in [5.74, 6) is -0.0268. The molecule has 27 heavy (non-hydrogen) atoms. The van der Waals surface area contributed by atoms with Gasteiger partial charge >= 0.3 is 0 Å². The normalized spacial score (nSPS) is 12.3. The van der Waals surface area contributed by atoms with Crippen LogP contribution in [-0.4, -0.2) is 20.4 Å². The minimum absolute atomic E-state index is 0. The number of anilines is 1. The summed E-state index contributed by atoms with van der Waals surface area (Å²) in [5, 5.41) is 2.76. The molecule has 0 spiro atoms. The molecule has 0 saturated heterocycles. The molecule has 0 saturated carbocycles. The number of hydrogen-bond donors (Lipinski definition) is 2. The van der Waals surface area contributed by atoms with Crippen molar-refractivity contribution in [2.75, 3.05) is 5.32 Å². The quantitative estimate of drug-likeness (QED) is 0.696. The lowest BCUT2D eigenvalue weighted by Crippen LogP contribution is -2.36. The maximum absolute atomic E-state index is 12.4. The molecule has 2 aromatic rings. The minimum Gasteiger partial charge on any atom is -0.325 e. The van der Waals surface area contributed by atoms with Crippen molar-refractivity contribution in [3.63, 3.8) is 0 Å². The van der Waals surface area contributed by atoms with Crippen molar-refractivity contribution in [1.82, 2.24) is 0 Å². The first-order chi connectivity index (χ1) is 12.2. The Kier molecular flexibility index (Phi) is 8.96. The van der Waals surface area contributed by atoms with Crippen LogP contribution in [0.5, 0.6) is 0 Å². The average molecular weight is 411 g/mol. The maximum Gasteiger partial charge on any atom is 0.241 e. The molecule has 0 aliphatic rings. The first kappa shape index (κ1) is 23.1. The number of carbonyl (C=O) groups is 1. The van der Waals surface area contributed by atoms with Crippen molar-refractivity contribution in [2.45, 2.75) is 37.8 Å². The van der Waals surface area contributed by atoms with Crippen molar-refractivity contribution in [1.29, 1.82) is 0 Å². The van der Waals surface area contributed by atoms with E-state index in [0.717, 1.165) is 5.56 Å². The van der Waals surface area contributed by atoms with Crippen molar-refractivity contribution in [3.05, 3.63) is 65.7 Å². The van der Waals surface area contributed by atoms with E-state index in [0.29, 0.717) is 23.6 Å². The number of carbonyl (C=O) groups excluding carboxylic acids is 1. The summed E-state index contributed by atoms with van der Waals surface area (Å²) in [4.78, 5) is 12.1. The average Bonchev–Trinajstić information content (AvgIpc) is 2.54. The fourth-order valence-electron chi connectivity index (χ4n) is 2.72. The molecule has 2 rings (SSSR count). The number of halogens is 1. The van der Waals surface area contributed by atoms with Crippen molar-refractivity contribution >= 4 is 33.8 Å². The summed E-state index contributed by atoms with van der Waals surface area (Å²) < 4.78 is 24.9. The zero-order valence-electron chi connectivity index (χ0n) is 15.6. The molecule has 7 heteroatoms. The monoisotopic (exact) mass is 410 g/mol. The molecular weight excluding hydrogens is 384 g/mol. The van der Waals surface area contributed by atoms with Crippen LogP contribution in [0.4, 0.5) is 5.69 Å². The van der Waals surface area contributed by atoms with Gasteiger partial charge in [-0.15, -0.1) is 12.4 Å². The number of benzene rings is 2. The molecule has 0 bridgehead atoms. The van der Waals surface area contributed by atoms with Gasteiger partial charge in [0, 0.05) is 5.69 Å². The van der Waals surface area contributed by atoms with Crippen LogP contribution in [0.3, 0.4) is 0 Å². The van der Waals surface area contributed by atoms with Gasteiger partial charge in [0.05, 0.1) is 17.5 Å². The molecule has 1 atom stereocenters. The van der Waals surface area contributed by atoms with Crippen LogP contribution in [0, 0.1) is 5.92 Å². The SMILES string of the molecule is CC(C)C[C@H](N)C(=O)Nc1cccc(CS(=O)(=O)Cc2ccccc2)c1.Cl.